The number of aromatic nitrogens is 1. The number of guanidine groups is 1. The molecule has 128 valence electrons. The standard InChI is InChI=1S/C16H30N4S.HI/c1-6-13(7-2)11-19-16(17-5)18-10-9-15-20-14(8-3)12(4)21-15;/h13H,6-11H2,1-5H3,(H2,17,18,19);1H. The average Bonchev–Trinajstić information content (AvgIpc) is 2.86. The Bertz CT molecular complexity index is 441. The third-order valence-corrected chi connectivity index (χ3v) is 4.91. The van der Waals surface area contributed by atoms with Crippen molar-refractivity contribution in [2.45, 2.75) is 53.4 Å². The third kappa shape index (κ3) is 7.26. The lowest BCUT2D eigenvalue weighted by Crippen LogP contribution is -2.40. The SMILES string of the molecule is CCc1nc(CCNC(=NC)NCC(CC)CC)sc1C.I. The minimum Gasteiger partial charge on any atom is -0.356 e. The van der Waals surface area contributed by atoms with E-state index in [1.165, 1.54) is 28.4 Å². The van der Waals surface area contributed by atoms with Crippen molar-refractivity contribution in [1.82, 2.24) is 15.6 Å². The lowest BCUT2D eigenvalue weighted by Gasteiger charge is -2.16. The number of nitrogens with one attached hydrogen (secondary N) is 2. The van der Waals surface area contributed by atoms with Crippen LogP contribution >= 0.6 is 35.3 Å². The molecular weight excluding hydrogens is 407 g/mol. The van der Waals surface area contributed by atoms with Gasteiger partial charge in [0.15, 0.2) is 5.96 Å². The fraction of sp³-hybridized carbons (Fsp3) is 0.750. The van der Waals surface area contributed by atoms with Gasteiger partial charge in [-0.2, -0.15) is 0 Å². The Morgan fingerprint density at radius 3 is 2.41 bits per heavy atom. The third-order valence-electron chi connectivity index (χ3n) is 3.84. The zero-order chi connectivity index (χ0) is 15.7. The van der Waals surface area contributed by atoms with E-state index in [9.17, 15) is 0 Å². The molecule has 4 nitrogen and oxygen atoms in total. The van der Waals surface area contributed by atoms with Crippen molar-refractivity contribution in [1.29, 1.82) is 0 Å². The van der Waals surface area contributed by atoms with Gasteiger partial charge in [-0.05, 0) is 19.3 Å². The first kappa shape index (κ1) is 21.6. The molecule has 0 radical (unpaired) electrons. The molecule has 0 aromatic carbocycles. The van der Waals surface area contributed by atoms with Gasteiger partial charge in [-0.15, -0.1) is 35.3 Å². The molecule has 2 N–H and O–H groups in total. The molecule has 1 heterocycles. The summed E-state index contributed by atoms with van der Waals surface area (Å²) in [5.74, 6) is 1.61. The van der Waals surface area contributed by atoms with Gasteiger partial charge in [-0.25, -0.2) is 4.98 Å². The Morgan fingerprint density at radius 1 is 1.23 bits per heavy atom. The Balaban J connectivity index is 0.00000441. The minimum absolute atomic E-state index is 0. The van der Waals surface area contributed by atoms with Crippen molar-refractivity contribution in [3.05, 3.63) is 15.6 Å². The van der Waals surface area contributed by atoms with E-state index in [0.29, 0.717) is 0 Å². The number of aryl methyl sites for hydroxylation is 2. The number of halogens is 1. The topological polar surface area (TPSA) is 49.3 Å². The molecule has 22 heavy (non-hydrogen) atoms. The van der Waals surface area contributed by atoms with Crippen LogP contribution in [0.15, 0.2) is 4.99 Å². The molecule has 0 atom stereocenters. The first-order valence-electron chi connectivity index (χ1n) is 8.04. The average molecular weight is 438 g/mol. The molecule has 0 saturated carbocycles. The van der Waals surface area contributed by atoms with E-state index < -0.39 is 0 Å². The smallest absolute Gasteiger partial charge is 0.190 e. The van der Waals surface area contributed by atoms with Gasteiger partial charge in [-0.1, -0.05) is 33.6 Å². The summed E-state index contributed by atoms with van der Waals surface area (Å²) < 4.78 is 0. The summed E-state index contributed by atoms with van der Waals surface area (Å²) in [6.45, 7) is 10.7. The summed E-state index contributed by atoms with van der Waals surface area (Å²) in [5.41, 5.74) is 1.24. The number of hydrogen-bond acceptors (Lipinski definition) is 3. The van der Waals surface area contributed by atoms with E-state index >= 15 is 0 Å². The predicted molar refractivity (Wildman–Crippen MR) is 109 cm³/mol. The molecule has 1 aromatic heterocycles. The number of rotatable bonds is 8. The molecule has 0 fully saturated rings. The van der Waals surface area contributed by atoms with Gasteiger partial charge in [0.05, 0.1) is 10.7 Å². The van der Waals surface area contributed by atoms with Crippen LogP contribution in [0.25, 0.3) is 0 Å². The first-order chi connectivity index (χ1) is 10.1. The largest absolute Gasteiger partial charge is 0.356 e. The molecule has 0 amide bonds. The first-order valence-corrected chi connectivity index (χ1v) is 8.85. The zero-order valence-electron chi connectivity index (χ0n) is 14.5. The Kier molecular flexibility index (Phi) is 11.9. The maximum absolute atomic E-state index is 4.67. The van der Waals surface area contributed by atoms with Crippen LogP contribution in [0.3, 0.4) is 0 Å². The highest BCUT2D eigenvalue weighted by Gasteiger charge is 2.07. The van der Waals surface area contributed by atoms with Crippen molar-refractivity contribution >= 4 is 41.3 Å². The maximum Gasteiger partial charge on any atom is 0.190 e. The predicted octanol–water partition coefficient (Wildman–Crippen LogP) is 3.78. The van der Waals surface area contributed by atoms with Crippen molar-refractivity contribution in [2.75, 3.05) is 20.1 Å². The Labute approximate surface area is 156 Å². The second kappa shape index (κ2) is 12.1. The molecule has 6 heteroatoms. The number of thiazole rings is 1. The van der Waals surface area contributed by atoms with Crippen molar-refractivity contribution in [2.24, 2.45) is 10.9 Å². The van der Waals surface area contributed by atoms with E-state index in [-0.39, 0.29) is 24.0 Å². The van der Waals surface area contributed by atoms with E-state index in [1.807, 2.05) is 18.4 Å². The normalized spacial score (nSPS) is 11.5. The van der Waals surface area contributed by atoms with E-state index in [4.69, 9.17) is 0 Å². The lowest BCUT2D eigenvalue weighted by molar-refractivity contribution is 0.481. The van der Waals surface area contributed by atoms with Crippen LogP contribution in [0.1, 0.15) is 49.2 Å². The van der Waals surface area contributed by atoms with Gasteiger partial charge in [0, 0.05) is 31.4 Å². The molecule has 0 aliphatic carbocycles. The van der Waals surface area contributed by atoms with Crippen molar-refractivity contribution < 1.29 is 0 Å². The van der Waals surface area contributed by atoms with Gasteiger partial charge in [0.25, 0.3) is 0 Å². The molecule has 1 rings (SSSR count). The molecule has 0 unspecified atom stereocenters. The van der Waals surface area contributed by atoms with Crippen LogP contribution in [0.2, 0.25) is 0 Å². The highest BCUT2D eigenvalue weighted by molar-refractivity contribution is 14.0. The molecule has 0 bridgehead atoms. The summed E-state index contributed by atoms with van der Waals surface area (Å²) in [6, 6.07) is 0. The molecule has 0 aliphatic heterocycles. The second-order valence-electron chi connectivity index (χ2n) is 5.28. The van der Waals surface area contributed by atoms with Gasteiger partial charge < -0.3 is 10.6 Å². The van der Waals surface area contributed by atoms with Gasteiger partial charge in [0.2, 0.25) is 0 Å². The fourth-order valence-electron chi connectivity index (χ4n) is 2.25. The van der Waals surface area contributed by atoms with Crippen LogP contribution in [0, 0.1) is 12.8 Å². The van der Waals surface area contributed by atoms with Crippen LogP contribution in [-0.4, -0.2) is 31.1 Å². The van der Waals surface area contributed by atoms with Crippen molar-refractivity contribution in [3.63, 3.8) is 0 Å². The lowest BCUT2D eigenvalue weighted by atomic mass is 10.0. The number of nitrogens with zero attached hydrogens (tertiary/aromatic N) is 2. The maximum atomic E-state index is 4.67. The second-order valence-corrected chi connectivity index (χ2v) is 6.56. The molecule has 0 saturated heterocycles. The molecule has 0 aliphatic rings. The van der Waals surface area contributed by atoms with Gasteiger partial charge in [-0.3, -0.25) is 4.99 Å². The Hall–Kier alpha value is -0.370. The number of hydrogen-bond donors (Lipinski definition) is 2. The van der Waals surface area contributed by atoms with E-state index in [2.05, 4.69) is 48.3 Å². The van der Waals surface area contributed by atoms with Crippen LogP contribution in [0.5, 0.6) is 0 Å². The van der Waals surface area contributed by atoms with Crippen LogP contribution in [0.4, 0.5) is 0 Å². The van der Waals surface area contributed by atoms with Gasteiger partial charge in [0.1, 0.15) is 0 Å². The van der Waals surface area contributed by atoms with E-state index in [1.54, 1.807) is 0 Å². The van der Waals surface area contributed by atoms with Crippen molar-refractivity contribution in [3.8, 4) is 0 Å². The number of aliphatic imine (C=N–C) groups is 1. The minimum atomic E-state index is 0. The van der Waals surface area contributed by atoms with E-state index in [0.717, 1.165) is 37.8 Å². The summed E-state index contributed by atoms with van der Waals surface area (Å²) >= 11 is 1.81. The van der Waals surface area contributed by atoms with Crippen LogP contribution < -0.4 is 10.6 Å². The summed E-state index contributed by atoms with van der Waals surface area (Å²) in [7, 11) is 1.82. The molecular formula is C16H31IN4S. The summed E-state index contributed by atoms with van der Waals surface area (Å²) in [4.78, 5) is 10.3. The van der Waals surface area contributed by atoms with Gasteiger partial charge >= 0.3 is 0 Å². The zero-order valence-corrected chi connectivity index (χ0v) is 17.7. The highest BCUT2D eigenvalue weighted by atomic mass is 127. The molecule has 0 spiro atoms. The Morgan fingerprint density at radius 2 is 1.91 bits per heavy atom. The summed E-state index contributed by atoms with van der Waals surface area (Å²) in [6.07, 6.45) is 4.39. The molecule has 1 aromatic rings. The summed E-state index contributed by atoms with van der Waals surface area (Å²) in [5, 5.41) is 8.00. The quantitative estimate of drug-likeness (QED) is 0.369. The monoisotopic (exact) mass is 438 g/mol. The fourth-order valence-corrected chi connectivity index (χ4v) is 3.27. The van der Waals surface area contributed by atoms with Crippen LogP contribution in [-0.2, 0) is 12.8 Å². The highest BCUT2D eigenvalue weighted by Crippen LogP contribution is 2.17.